The zero-order chi connectivity index (χ0) is 15.5. The molecule has 0 radical (unpaired) electrons. The summed E-state index contributed by atoms with van der Waals surface area (Å²) in [5.74, 6) is 1.27. The van der Waals surface area contributed by atoms with E-state index in [9.17, 15) is 4.79 Å². The van der Waals surface area contributed by atoms with Gasteiger partial charge in [0, 0.05) is 30.7 Å². The third kappa shape index (κ3) is 3.09. The lowest BCUT2D eigenvalue weighted by Gasteiger charge is -2.02. The van der Waals surface area contributed by atoms with Crippen LogP contribution >= 0.6 is 11.3 Å². The normalized spacial score (nSPS) is 10.8. The zero-order valence-electron chi connectivity index (χ0n) is 12.4. The van der Waals surface area contributed by atoms with Gasteiger partial charge < -0.3 is 9.73 Å². The summed E-state index contributed by atoms with van der Waals surface area (Å²) in [5, 5.41) is 9.84. The SMILES string of the molecule is Cc1cc(C(=O)NCCc2csc(-n3cccn3)n2)c(C)o1. The molecule has 7 heteroatoms. The van der Waals surface area contributed by atoms with Crippen molar-refractivity contribution in [3.63, 3.8) is 0 Å². The molecule has 114 valence electrons. The standard InChI is InChI=1S/C15H16N4O2S/c1-10-8-13(11(2)21-10)14(20)16-6-4-12-9-22-15(18-12)19-7-3-5-17-19/h3,5,7-9H,4,6H2,1-2H3,(H,16,20). The first-order chi connectivity index (χ1) is 10.6. The number of amides is 1. The van der Waals surface area contributed by atoms with Crippen molar-refractivity contribution >= 4 is 17.2 Å². The van der Waals surface area contributed by atoms with Gasteiger partial charge in [0.1, 0.15) is 11.5 Å². The number of thiazole rings is 1. The molecule has 0 spiro atoms. The Kier molecular flexibility index (Phi) is 4.06. The van der Waals surface area contributed by atoms with Gasteiger partial charge in [-0.25, -0.2) is 9.67 Å². The average Bonchev–Trinajstić information content (AvgIpc) is 3.19. The van der Waals surface area contributed by atoms with Gasteiger partial charge in [0.25, 0.3) is 5.91 Å². The number of hydrogen-bond acceptors (Lipinski definition) is 5. The molecule has 0 unspecified atom stereocenters. The second kappa shape index (κ2) is 6.15. The first-order valence-corrected chi connectivity index (χ1v) is 7.81. The van der Waals surface area contributed by atoms with Gasteiger partial charge in [-0.1, -0.05) is 0 Å². The Labute approximate surface area is 131 Å². The summed E-state index contributed by atoms with van der Waals surface area (Å²) >= 11 is 1.53. The van der Waals surface area contributed by atoms with E-state index in [1.807, 2.05) is 24.6 Å². The molecule has 0 fully saturated rings. The van der Waals surface area contributed by atoms with Crippen molar-refractivity contribution in [3.05, 3.63) is 52.7 Å². The average molecular weight is 316 g/mol. The molecule has 0 bridgehead atoms. The molecule has 3 rings (SSSR count). The van der Waals surface area contributed by atoms with Gasteiger partial charge in [-0.05, 0) is 26.0 Å². The van der Waals surface area contributed by atoms with Gasteiger partial charge in [-0.2, -0.15) is 5.10 Å². The van der Waals surface area contributed by atoms with E-state index < -0.39 is 0 Å². The van der Waals surface area contributed by atoms with Crippen LogP contribution in [0.1, 0.15) is 27.6 Å². The van der Waals surface area contributed by atoms with Gasteiger partial charge >= 0.3 is 0 Å². The Bertz CT molecular complexity index is 773. The van der Waals surface area contributed by atoms with Crippen LogP contribution in [0.4, 0.5) is 0 Å². The van der Waals surface area contributed by atoms with Crippen molar-refractivity contribution in [2.75, 3.05) is 6.54 Å². The van der Waals surface area contributed by atoms with E-state index in [1.54, 1.807) is 23.9 Å². The van der Waals surface area contributed by atoms with Gasteiger partial charge in [0.2, 0.25) is 5.13 Å². The van der Waals surface area contributed by atoms with Crippen LogP contribution in [0.2, 0.25) is 0 Å². The molecule has 0 aliphatic carbocycles. The van der Waals surface area contributed by atoms with Crippen LogP contribution in [0, 0.1) is 13.8 Å². The summed E-state index contributed by atoms with van der Waals surface area (Å²) in [6.07, 6.45) is 4.25. The van der Waals surface area contributed by atoms with Crippen LogP contribution < -0.4 is 5.32 Å². The number of furan rings is 1. The molecule has 0 aliphatic rings. The monoisotopic (exact) mass is 316 g/mol. The number of carbonyl (C=O) groups excluding carboxylic acids is 1. The number of rotatable bonds is 5. The summed E-state index contributed by atoms with van der Waals surface area (Å²) in [6.45, 7) is 4.15. The van der Waals surface area contributed by atoms with Gasteiger partial charge in [0.15, 0.2) is 0 Å². The summed E-state index contributed by atoms with van der Waals surface area (Å²) < 4.78 is 7.09. The minimum Gasteiger partial charge on any atom is -0.466 e. The molecule has 3 heterocycles. The first kappa shape index (κ1) is 14.5. The highest BCUT2D eigenvalue weighted by atomic mass is 32.1. The van der Waals surface area contributed by atoms with E-state index in [1.165, 1.54) is 11.3 Å². The van der Waals surface area contributed by atoms with E-state index in [0.29, 0.717) is 24.3 Å². The maximum Gasteiger partial charge on any atom is 0.254 e. The van der Waals surface area contributed by atoms with Crippen LogP contribution in [0.3, 0.4) is 0 Å². The lowest BCUT2D eigenvalue weighted by Crippen LogP contribution is -2.25. The number of nitrogens with one attached hydrogen (secondary N) is 1. The maximum absolute atomic E-state index is 12.1. The Hall–Kier alpha value is -2.41. The van der Waals surface area contributed by atoms with Gasteiger partial charge in [-0.3, -0.25) is 4.79 Å². The highest BCUT2D eigenvalue weighted by Gasteiger charge is 2.13. The fourth-order valence-corrected chi connectivity index (χ4v) is 2.95. The third-order valence-electron chi connectivity index (χ3n) is 3.19. The molecule has 1 amide bonds. The Balaban J connectivity index is 1.55. The van der Waals surface area contributed by atoms with Gasteiger partial charge in [0.05, 0.1) is 11.3 Å². The fraction of sp³-hybridized carbons (Fsp3) is 0.267. The summed E-state index contributed by atoms with van der Waals surface area (Å²) in [6, 6.07) is 3.61. The van der Waals surface area contributed by atoms with Crippen molar-refractivity contribution in [1.29, 1.82) is 0 Å². The smallest absolute Gasteiger partial charge is 0.254 e. The van der Waals surface area contributed by atoms with Crippen molar-refractivity contribution < 1.29 is 9.21 Å². The van der Waals surface area contributed by atoms with E-state index in [2.05, 4.69) is 15.4 Å². The van der Waals surface area contributed by atoms with E-state index in [4.69, 9.17) is 4.42 Å². The van der Waals surface area contributed by atoms with E-state index in [0.717, 1.165) is 16.6 Å². The highest BCUT2D eigenvalue weighted by Crippen LogP contribution is 2.15. The second-order valence-corrected chi connectivity index (χ2v) is 5.74. The lowest BCUT2D eigenvalue weighted by molar-refractivity contribution is 0.0952. The first-order valence-electron chi connectivity index (χ1n) is 6.93. The third-order valence-corrected chi connectivity index (χ3v) is 4.07. The Morgan fingerprint density at radius 2 is 2.32 bits per heavy atom. The van der Waals surface area contributed by atoms with Crippen LogP contribution in [0.15, 0.2) is 34.3 Å². The lowest BCUT2D eigenvalue weighted by atomic mass is 10.2. The number of aromatic nitrogens is 3. The largest absolute Gasteiger partial charge is 0.466 e. The molecule has 1 N–H and O–H groups in total. The predicted molar refractivity (Wildman–Crippen MR) is 83.5 cm³/mol. The summed E-state index contributed by atoms with van der Waals surface area (Å²) in [7, 11) is 0. The quantitative estimate of drug-likeness (QED) is 0.785. The molecule has 0 saturated carbocycles. The van der Waals surface area contributed by atoms with Crippen LogP contribution in [0.25, 0.3) is 5.13 Å². The van der Waals surface area contributed by atoms with Gasteiger partial charge in [-0.15, -0.1) is 11.3 Å². The van der Waals surface area contributed by atoms with Crippen molar-refractivity contribution in [3.8, 4) is 5.13 Å². The summed E-state index contributed by atoms with van der Waals surface area (Å²) in [4.78, 5) is 16.6. The molecule has 3 aromatic heterocycles. The molecule has 3 aromatic rings. The van der Waals surface area contributed by atoms with E-state index in [-0.39, 0.29) is 5.91 Å². The zero-order valence-corrected chi connectivity index (χ0v) is 13.2. The number of nitrogens with zero attached hydrogens (tertiary/aromatic N) is 3. The Morgan fingerprint density at radius 1 is 1.45 bits per heavy atom. The fourth-order valence-electron chi connectivity index (χ4n) is 2.15. The van der Waals surface area contributed by atoms with Crippen molar-refractivity contribution in [2.24, 2.45) is 0 Å². The van der Waals surface area contributed by atoms with Crippen molar-refractivity contribution in [2.45, 2.75) is 20.3 Å². The maximum atomic E-state index is 12.1. The number of hydrogen-bond donors (Lipinski definition) is 1. The molecule has 0 saturated heterocycles. The number of carbonyl (C=O) groups is 1. The molecule has 6 nitrogen and oxygen atoms in total. The van der Waals surface area contributed by atoms with Crippen LogP contribution in [0.5, 0.6) is 0 Å². The molecular weight excluding hydrogens is 300 g/mol. The minimum absolute atomic E-state index is 0.114. The molecule has 0 atom stereocenters. The topological polar surface area (TPSA) is 73.0 Å². The highest BCUT2D eigenvalue weighted by molar-refractivity contribution is 7.12. The van der Waals surface area contributed by atoms with E-state index >= 15 is 0 Å². The van der Waals surface area contributed by atoms with Crippen LogP contribution in [-0.4, -0.2) is 27.2 Å². The predicted octanol–water partition coefficient (Wildman–Crippen LogP) is 2.51. The van der Waals surface area contributed by atoms with Crippen molar-refractivity contribution in [1.82, 2.24) is 20.1 Å². The number of aryl methyl sites for hydroxylation is 2. The molecule has 22 heavy (non-hydrogen) atoms. The second-order valence-electron chi connectivity index (χ2n) is 4.90. The minimum atomic E-state index is -0.114. The molecule has 0 aromatic carbocycles. The van der Waals surface area contributed by atoms with Crippen LogP contribution in [-0.2, 0) is 6.42 Å². The Morgan fingerprint density at radius 3 is 3.00 bits per heavy atom. The summed E-state index contributed by atoms with van der Waals surface area (Å²) in [5.41, 5.74) is 1.53. The molecular formula is C15H16N4O2S. The molecule has 0 aliphatic heterocycles.